The Morgan fingerprint density at radius 1 is 1.16 bits per heavy atom. The monoisotopic (exact) mass is 256 g/mol. The van der Waals surface area contributed by atoms with Crippen LogP contribution in [0.4, 0.5) is 4.39 Å². The highest BCUT2D eigenvalue weighted by Gasteiger charge is 2.21. The fraction of sp³-hybridized carbons (Fsp3) is 0.200. The van der Waals surface area contributed by atoms with Gasteiger partial charge in [-0.2, -0.15) is 4.39 Å². The number of rotatable bonds is 1. The van der Waals surface area contributed by atoms with E-state index in [4.69, 9.17) is 0 Å². The first-order chi connectivity index (χ1) is 9.24. The van der Waals surface area contributed by atoms with Gasteiger partial charge in [0, 0.05) is 19.3 Å². The lowest BCUT2D eigenvalue weighted by Gasteiger charge is -2.28. The molecule has 3 rings (SSSR count). The highest BCUT2D eigenvalue weighted by molar-refractivity contribution is 5.94. The molecule has 0 saturated carbocycles. The van der Waals surface area contributed by atoms with Crippen molar-refractivity contribution in [2.75, 3.05) is 6.54 Å². The van der Waals surface area contributed by atoms with E-state index in [0.717, 1.165) is 6.42 Å². The number of aromatic nitrogens is 1. The quantitative estimate of drug-likeness (QED) is 0.734. The van der Waals surface area contributed by atoms with Crippen molar-refractivity contribution in [2.45, 2.75) is 13.0 Å². The highest BCUT2D eigenvalue weighted by atomic mass is 19.1. The molecule has 0 atom stereocenters. The number of fused-ring (bicyclic) bond motifs is 1. The van der Waals surface area contributed by atoms with Crippen molar-refractivity contribution in [3.05, 3.63) is 65.2 Å². The van der Waals surface area contributed by atoms with Crippen molar-refractivity contribution in [3.8, 4) is 0 Å². The van der Waals surface area contributed by atoms with Gasteiger partial charge in [0.1, 0.15) is 0 Å². The second-order valence-electron chi connectivity index (χ2n) is 4.62. The second kappa shape index (κ2) is 4.80. The third-order valence-corrected chi connectivity index (χ3v) is 3.39. The van der Waals surface area contributed by atoms with Gasteiger partial charge in [0.15, 0.2) is 0 Å². The van der Waals surface area contributed by atoms with Gasteiger partial charge in [-0.25, -0.2) is 4.98 Å². The molecule has 0 N–H and O–H groups in total. The van der Waals surface area contributed by atoms with E-state index in [1.165, 1.54) is 29.5 Å². The lowest BCUT2D eigenvalue weighted by Crippen LogP contribution is -2.36. The molecule has 2 aromatic rings. The Bertz CT molecular complexity index is 610. The standard InChI is InChI=1S/C15H13FN2O/c16-14-6-5-12(9-17-14)15(19)18-8-7-11-3-1-2-4-13(11)10-18/h1-6,9H,7-8,10H2. The molecule has 19 heavy (non-hydrogen) atoms. The van der Waals surface area contributed by atoms with Crippen molar-refractivity contribution < 1.29 is 9.18 Å². The lowest BCUT2D eigenvalue weighted by molar-refractivity contribution is 0.0734. The molecule has 0 radical (unpaired) electrons. The number of amides is 1. The summed E-state index contributed by atoms with van der Waals surface area (Å²) in [5.41, 5.74) is 2.90. The van der Waals surface area contributed by atoms with E-state index >= 15 is 0 Å². The summed E-state index contributed by atoms with van der Waals surface area (Å²) in [7, 11) is 0. The SMILES string of the molecule is O=C(c1ccc(F)nc1)N1CCc2ccccc2C1. The van der Waals surface area contributed by atoms with Crippen LogP contribution in [0.25, 0.3) is 0 Å². The average molecular weight is 256 g/mol. The predicted octanol–water partition coefficient (Wildman–Crippen LogP) is 2.42. The minimum atomic E-state index is -0.569. The van der Waals surface area contributed by atoms with E-state index in [1.54, 1.807) is 4.90 Å². The van der Waals surface area contributed by atoms with E-state index in [2.05, 4.69) is 11.1 Å². The van der Waals surface area contributed by atoms with Gasteiger partial charge in [0.05, 0.1) is 5.56 Å². The maximum atomic E-state index is 12.8. The van der Waals surface area contributed by atoms with E-state index in [1.807, 2.05) is 18.2 Å². The van der Waals surface area contributed by atoms with Crippen LogP contribution in [0.5, 0.6) is 0 Å². The van der Waals surface area contributed by atoms with Crippen molar-refractivity contribution >= 4 is 5.91 Å². The summed E-state index contributed by atoms with van der Waals surface area (Å²) in [4.78, 5) is 17.6. The Hall–Kier alpha value is -2.23. The summed E-state index contributed by atoms with van der Waals surface area (Å²) in [6.07, 6.45) is 2.15. The molecule has 1 aromatic carbocycles. The van der Waals surface area contributed by atoms with Gasteiger partial charge in [-0.3, -0.25) is 4.79 Å². The smallest absolute Gasteiger partial charge is 0.255 e. The molecule has 2 heterocycles. The zero-order valence-electron chi connectivity index (χ0n) is 10.3. The third-order valence-electron chi connectivity index (χ3n) is 3.39. The van der Waals surface area contributed by atoms with Gasteiger partial charge in [-0.15, -0.1) is 0 Å². The molecule has 1 aliphatic rings. The molecule has 0 spiro atoms. The highest BCUT2D eigenvalue weighted by Crippen LogP contribution is 2.20. The second-order valence-corrected chi connectivity index (χ2v) is 4.62. The van der Waals surface area contributed by atoms with E-state index < -0.39 is 5.95 Å². The first-order valence-electron chi connectivity index (χ1n) is 6.21. The topological polar surface area (TPSA) is 33.2 Å². The zero-order valence-corrected chi connectivity index (χ0v) is 10.3. The fourth-order valence-electron chi connectivity index (χ4n) is 2.35. The van der Waals surface area contributed by atoms with E-state index in [9.17, 15) is 9.18 Å². The van der Waals surface area contributed by atoms with Gasteiger partial charge in [0.25, 0.3) is 5.91 Å². The van der Waals surface area contributed by atoms with Crippen molar-refractivity contribution in [3.63, 3.8) is 0 Å². The Morgan fingerprint density at radius 3 is 2.68 bits per heavy atom. The van der Waals surface area contributed by atoms with Crippen molar-refractivity contribution in [1.82, 2.24) is 9.88 Å². The molecular weight excluding hydrogens is 243 g/mol. The number of hydrogen-bond donors (Lipinski definition) is 0. The number of nitrogens with zero attached hydrogens (tertiary/aromatic N) is 2. The van der Waals surface area contributed by atoms with Crippen LogP contribution >= 0.6 is 0 Å². The third kappa shape index (κ3) is 2.34. The molecule has 0 unspecified atom stereocenters. The zero-order chi connectivity index (χ0) is 13.2. The van der Waals surface area contributed by atoms with Crippen LogP contribution in [0.15, 0.2) is 42.6 Å². The molecule has 0 bridgehead atoms. The number of carbonyl (C=O) groups is 1. The van der Waals surface area contributed by atoms with Gasteiger partial charge >= 0.3 is 0 Å². The van der Waals surface area contributed by atoms with Crippen LogP contribution in [0, 0.1) is 5.95 Å². The van der Waals surface area contributed by atoms with Gasteiger partial charge in [-0.05, 0) is 29.7 Å². The number of hydrogen-bond acceptors (Lipinski definition) is 2. The van der Waals surface area contributed by atoms with Crippen LogP contribution in [-0.4, -0.2) is 22.3 Å². The molecule has 4 heteroatoms. The van der Waals surface area contributed by atoms with E-state index in [-0.39, 0.29) is 5.91 Å². The molecule has 1 aliphatic heterocycles. The number of carbonyl (C=O) groups excluding carboxylic acids is 1. The minimum absolute atomic E-state index is 0.0954. The summed E-state index contributed by atoms with van der Waals surface area (Å²) in [6, 6.07) is 10.8. The molecule has 3 nitrogen and oxygen atoms in total. The van der Waals surface area contributed by atoms with Crippen LogP contribution in [0.1, 0.15) is 21.5 Å². The van der Waals surface area contributed by atoms with Gasteiger partial charge in [-0.1, -0.05) is 24.3 Å². The molecule has 96 valence electrons. The number of halogens is 1. The molecule has 0 aliphatic carbocycles. The van der Waals surface area contributed by atoms with Crippen LogP contribution in [0.2, 0.25) is 0 Å². The van der Waals surface area contributed by atoms with Crippen LogP contribution < -0.4 is 0 Å². The summed E-state index contributed by atoms with van der Waals surface area (Å²) < 4.78 is 12.8. The summed E-state index contributed by atoms with van der Waals surface area (Å²) >= 11 is 0. The minimum Gasteiger partial charge on any atom is -0.334 e. The van der Waals surface area contributed by atoms with Crippen molar-refractivity contribution in [1.29, 1.82) is 0 Å². The normalized spacial score (nSPS) is 14.1. The molecule has 1 amide bonds. The number of benzene rings is 1. The molecule has 0 fully saturated rings. The average Bonchev–Trinajstić information content (AvgIpc) is 2.47. The predicted molar refractivity (Wildman–Crippen MR) is 69.1 cm³/mol. The maximum absolute atomic E-state index is 12.8. The van der Waals surface area contributed by atoms with Crippen LogP contribution in [0.3, 0.4) is 0 Å². The van der Waals surface area contributed by atoms with Crippen LogP contribution in [-0.2, 0) is 13.0 Å². The maximum Gasteiger partial charge on any atom is 0.255 e. The largest absolute Gasteiger partial charge is 0.334 e. The summed E-state index contributed by atoms with van der Waals surface area (Å²) in [5.74, 6) is -0.664. The number of pyridine rings is 1. The molecule has 0 saturated heterocycles. The Labute approximate surface area is 110 Å². The first kappa shape index (κ1) is 11.8. The first-order valence-corrected chi connectivity index (χ1v) is 6.21. The van der Waals surface area contributed by atoms with Gasteiger partial charge in [0.2, 0.25) is 5.95 Å². The molecule has 1 aromatic heterocycles. The Morgan fingerprint density at radius 2 is 1.95 bits per heavy atom. The summed E-state index contributed by atoms with van der Waals surface area (Å²) in [5, 5.41) is 0. The Balaban J connectivity index is 1.81. The summed E-state index contributed by atoms with van der Waals surface area (Å²) in [6.45, 7) is 1.29. The van der Waals surface area contributed by atoms with Gasteiger partial charge < -0.3 is 4.90 Å². The van der Waals surface area contributed by atoms with E-state index in [0.29, 0.717) is 18.7 Å². The lowest BCUT2D eigenvalue weighted by atomic mass is 9.99. The Kier molecular flexibility index (Phi) is 2.99. The fourth-order valence-corrected chi connectivity index (χ4v) is 2.35. The van der Waals surface area contributed by atoms with Crippen molar-refractivity contribution in [2.24, 2.45) is 0 Å². The molecular formula is C15H13FN2O.